The lowest BCUT2D eigenvalue weighted by molar-refractivity contribution is 0.436. The Morgan fingerprint density at radius 2 is 0.982 bits per heavy atom. The van der Waals surface area contributed by atoms with E-state index in [9.17, 15) is 0 Å². The third kappa shape index (κ3) is 5.09. The first-order valence-electron chi connectivity index (χ1n) is 19.9. The molecule has 2 nitrogen and oxygen atoms in total. The van der Waals surface area contributed by atoms with Crippen LogP contribution in [0.2, 0.25) is 0 Å². The maximum absolute atomic E-state index is 6.59. The first-order valence-corrected chi connectivity index (χ1v) is 19.9. The third-order valence-corrected chi connectivity index (χ3v) is 12.6. The normalized spacial score (nSPS) is 16.0. The molecule has 272 valence electrons. The first kappa shape index (κ1) is 34.1. The second-order valence-corrected chi connectivity index (χ2v) is 16.1. The summed E-state index contributed by atoms with van der Waals surface area (Å²) in [4.78, 5) is 2.52. The topological polar surface area (TPSA) is 12.5 Å². The highest BCUT2D eigenvalue weighted by Crippen LogP contribution is 2.62. The number of rotatable bonds is 7. The summed E-state index contributed by atoms with van der Waals surface area (Å²) in [6, 6.07) is 60.1. The van der Waals surface area contributed by atoms with Crippen molar-refractivity contribution in [2.45, 2.75) is 50.5 Å². The van der Waals surface area contributed by atoms with Crippen LogP contribution in [0, 0.1) is 0 Å². The van der Waals surface area contributed by atoms with E-state index >= 15 is 0 Å². The van der Waals surface area contributed by atoms with Crippen LogP contribution in [0.5, 0.6) is 11.5 Å². The Morgan fingerprint density at radius 3 is 1.70 bits per heavy atom. The second-order valence-electron chi connectivity index (χ2n) is 16.1. The van der Waals surface area contributed by atoms with Gasteiger partial charge in [-0.1, -0.05) is 172 Å². The zero-order chi connectivity index (χ0) is 38.0. The minimum atomic E-state index is -0.490. The molecule has 0 aromatic heterocycles. The molecule has 7 aromatic rings. The molecule has 0 amide bonds. The Morgan fingerprint density at radius 1 is 0.464 bits per heavy atom. The lowest BCUT2D eigenvalue weighted by atomic mass is 9.66. The van der Waals surface area contributed by atoms with E-state index < -0.39 is 5.41 Å². The third-order valence-electron chi connectivity index (χ3n) is 12.6. The van der Waals surface area contributed by atoms with E-state index in [1.165, 1.54) is 66.9 Å². The zero-order valence-corrected chi connectivity index (χ0v) is 32.4. The Hall–Kier alpha value is -6.38. The molecule has 0 fully saturated rings. The number of nitrogens with zero attached hydrogens (tertiary/aromatic N) is 1. The molecule has 2 heteroatoms. The molecule has 7 aromatic carbocycles. The molecular formula is C54H45NO. The van der Waals surface area contributed by atoms with Crippen molar-refractivity contribution in [2.75, 3.05) is 4.90 Å². The van der Waals surface area contributed by atoms with E-state index in [0.717, 1.165) is 17.2 Å². The van der Waals surface area contributed by atoms with Crippen LogP contribution >= 0.6 is 0 Å². The summed E-state index contributed by atoms with van der Waals surface area (Å²) in [6.45, 7) is 9.29. The average molecular weight is 724 g/mol. The number of ether oxygens (including phenoxy) is 1. The zero-order valence-electron chi connectivity index (χ0n) is 32.4. The van der Waals surface area contributed by atoms with Crippen molar-refractivity contribution < 1.29 is 4.74 Å². The van der Waals surface area contributed by atoms with Crippen LogP contribution < -0.4 is 9.64 Å². The van der Waals surface area contributed by atoms with Crippen LogP contribution in [0.4, 0.5) is 11.4 Å². The molecule has 1 aliphatic heterocycles. The molecule has 0 bridgehead atoms. The monoisotopic (exact) mass is 723 g/mol. The highest BCUT2D eigenvalue weighted by Gasteiger charge is 2.51. The second kappa shape index (κ2) is 13.1. The van der Waals surface area contributed by atoms with Crippen molar-refractivity contribution in [3.05, 3.63) is 227 Å². The van der Waals surface area contributed by atoms with Gasteiger partial charge in [0.2, 0.25) is 0 Å². The summed E-state index contributed by atoms with van der Waals surface area (Å²) >= 11 is 0. The van der Waals surface area contributed by atoms with Crippen molar-refractivity contribution in [3.63, 3.8) is 0 Å². The number of hydrogen-bond donors (Lipinski definition) is 0. The Balaban J connectivity index is 1.12. The molecule has 2 unspecified atom stereocenters. The van der Waals surface area contributed by atoms with Gasteiger partial charge in [-0.05, 0) is 99.3 Å². The maximum Gasteiger partial charge on any atom is 0.132 e. The van der Waals surface area contributed by atoms with Crippen molar-refractivity contribution >= 4 is 11.4 Å². The van der Waals surface area contributed by atoms with E-state index in [4.69, 9.17) is 4.74 Å². The first-order chi connectivity index (χ1) is 27.4. The van der Waals surface area contributed by atoms with Crippen molar-refractivity contribution in [2.24, 2.45) is 0 Å². The molecule has 1 heterocycles. The highest BCUT2D eigenvalue weighted by atomic mass is 16.5. The van der Waals surface area contributed by atoms with Gasteiger partial charge < -0.3 is 9.64 Å². The Kier molecular flexibility index (Phi) is 8.01. The lowest BCUT2D eigenvalue weighted by Gasteiger charge is -2.39. The van der Waals surface area contributed by atoms with Gasteiger partial charge in [-0.2, -0.15) is 0 Å². The van der Waals surface area contributed by atoms with Crippen molar-refractivity contribution in [1.29, 1.82) is 0 Å². The van der Waals surface area contributed by atoms with Gasteiger partial charge in [-0.25, -0.2) is 0 Å². The lowest BCUT2D eigenvalue weighted by Crippen LogP contribution is -2.32. The van der Waals surface area contributed by atoms with Crippen molar-refractivity contribution in [3.8, 4) is 33.8 Å². The van der Waals surface area contributed by atoms with E-state index in [0.29, 0.717) is 5.92 Å². The van der Waals surface area contributed by atoms with Crippen LogP contribution in [0.1, 0.15) is 72.6 Å². The molecule has 1 spiro atoms. The molecular weight excluding hydrogens is 679 g/mol. The van der Waals surface area contributed by atoms with Crippen LogP contribution in [0.3, 0.4) is 0 Å². The van der Waals surface area contributed by atoms with Crippen LogP contribution in [-0.4, -0.2) is 6.04 Å². The molecule has 2 aliphatic carbocycles. The molecule has 0 N–H and O–H groups in total. The summed E-state index contributed by atoms with van der Waals surface area (Å²) < 4.78 is 6.59. The molecule has 0 radical (unpaired) electrons. The van der Waals surface area contributed by atoms with Gasteiger partial charge in [0.25, 0.3) is 0 Å². The number of hydrogen-bond acceptors (Lipinski definition) is 2. The minimum Gasteiger partial charge on any atom is -0.457 e. The molecule has 0 saturated carbocycles. The fourth-order valence-electron chi connectivity index (χ4n) is 9.87. The summed E-state index contributed by atoms with van der Waals surface area (Å²) in [5.41, 5.74) is 16.0. The standard InChI is InChI=1S/C54H45NO/c1-36(38-20-6-5-7-21-38)18-8-9-19-37(2)55(40-30-32-43-41-22-10-12-24-45(41)53(3,4)50(43)35-40)39-31-33-47-44(34-39)42-23-11-13-25-46(42)54(47)48-26-14-16-28-51(48)56-52-29-17-15-27-49(52)54/h5-37H,1-4H3/b18-8-,19-9-. The number of benzene rings is 7. The summed E-state index contributed by atoms with van der Waals surface area (Å²) in [6.07, 6.45) is 9.04. The maximum atomic E-state index is 6.59. The van der Waals surface area contributed by atoms with E-state index in [1.54, 1.807) is 0 Å². The predicted molar refractivity (Wildman–Crippen MR) is 233 cm³/mol. The molecule has 2 atom stereocenters. The van der Waals surface area contributed by atoms with Gasteiger partial charge in [0.05, 0.1) is 5.41 Å². The highest BCUT2D eigenvalue weighted by molar-refractivity contribution is 5.91. The van der Waals surface area contributed by atoms with Gasteiger partial charge in [-0.15, -0.1) is 0 Å². The Bertz CT molecular complexity index is 2650. The summed E-state index contributed by atoms with van der Waals surface area (Å²) in [5, 5.41) is 0. The SMILES string of the molecule is CC(/C=C\C=C/C(C)N(c1ccc2c(c1)-c1ccccc1C21c2ccccc2Oc2ccccc21)c1ccc2c(c1)C(C)(C)c1ccccc1-2)c1ccccc1. The van der Waals surface area contributed by atoms with Gasteiger partial charge in [-0.3, -0.25) is 0 Å². The molecule has 3 aliphatic rings. The van der Waals surface area contributed by atoms with E-state index in [-0.39, 0.29) is 11.5 Å². The van der Waals surface area contributed by atoms with Gasteiger partial charge in [0, 0.05) is 34.0 Å². The van der Waals surface area contributed by atoms with Gasteiger partial charge >= 0.3 is 0 Å². The van der Waals surface area contributed by atoms with Crippen LogP contribution in [-0.2, 0) is 10.8 Å². The number of para-hydroxylation sites is 2. The van der Waals surface area contributed by atoms with E-state index in [1.807, 2.05) is 0 Å². The summed E-state index contributed by atoms with van der Waals surface area (Å²) in [5.74, 6) is 2.15. The molecule has 0 saturated heterocycles. The van der Waals surface area contributed by atoms with Gasteiger partial charge in [0.1, 0.15) is 11.5 Å². The smallest absolute Gasteiger partial charge is 0.132 e. The number of fused-ring (bicyclic) bond motifs is 12. The molecule has 56 heavy (non-hydrogen) atoms. The quantitative estimate of drug-likeness (QED) is 0.152. The number of allylic oxidation sites excluding steroid dienone is 3. The van der Waals surface area contributed by atoms with Crippen molar-refractivity contribution in [1.82, 2.24) is 0 Å². The Labute approximate surface area is 331 Å². The predicted octanol–water partition coefficient (Wildman–Crippen LogP) is 13.9. The fourth-order valence-corrected chi connectivity index (χ4v) is 9.87. The van der Waals surface area contributed by atoms with Gasteiger partial charge in [0.15, 0.2) is 0 Å². The largest absolute Gasteiger partial charge is 0.457 e. The van der Waals surface area contributed by atoms with E-state index in [2.05, 4.69) is 221 Å². The minimum absolute atomic E-state index is 0.0600. The van der Waals surface area contributed by atoms with Crippen LogP contribution in [0.15, 0.2) is 188 Å². The van der Waals surface area contributed by atoms with Crippen LogP contribution in [0.25, 0.3) is 22.3 Å². The average Bonchev–Trinajstić information content (AvgIpc) is 3.65. The fraction of sp³-hybridized carbons (Fsp3) is 0.148. The number of anilines is 2. The summed E-state index contributed by atoms with van der Waals surface area (Å²) in [7, 11) is 0. The molecule has 10 rings (SSSR count).